The second kappa shape index (κ2) is 8.03. The minimum atomic E-state index is -0.961. The zero-order valence-electron chi connectivity index (χ0n) is 13.9. The largest absolute Gasteiger partial charge is 0.466 e. The topological polar surface area (TPSA) is 134 Å². The van der Waals surface area contributed by atoms with Crippen LogP contribution in [0, 0.1) is 5.92 Å². The molecule has 0 unspecified atom stereocenters. The van der Waals surface area contributed by atoms with E-state index in [9.17, 15) is 14.7 Å². The van der Waals surface area contributed by atoms with Crippen molar-refractivity contribution >= 4 is 12.1 Å². The summed E-state index contributed by atoms with van der Waals surface area (Å²) < 4.78 is 10.2. The average Bonchev–Trinajstić information content (AvgIpc) is 2.40. The maximum absolute atomic E-state index is 12.1. The molecule has 130 valence electrons. The van der Waals surface area contributed by atoms with Gasteiger partial charge in [0.05, 0.1) is 24.7 Å². The van der Waals surface area contributed by atoms with Gasteiger partial charge in [0.1, 0.15) is 5.60 Å². The Kier molecular flexibility index (Phi) is 6.65. The van der Waals surface area contributed by atoms with Crippen LogP contribution in [0.5, 0.6) is 0 Å². The predicted octanol–water partition coefficient (Wildman–Crippen LogP) is 1.89. The van der Waals surface area contributed by atoms with Crippen LogP contribution in [0.15, 0.2) is 5.11 Å². The van der Waals surface area contributed by atoms with Gasteiger partial charge in [-0.1, -0.05) is 5.11 Å². The number of alkyl carbamates (subject to hydrolysis) is 1. The number of amides is 1. The number of nitrogens with zero attached hydrogens (tertiary/aromatic N) is 3. The first-order valence-electron chi connectivity index (χ1n) is 7.56. The standard InChI is InChI=1S/C14H24N4O5/c1-5-22-12(20)8-6-11(19)10(17-18-15)7-9(8)16-13(21)23-14(2,3)4/h8-11,19H,5-7H2,1-4H3,(H,16,21)/t8-,9+,10+,11+/m0/s1. The first-order valence-corrected chi connectivity index (χ1v) is 7.56. The maximum atomic E-state index is 12.1. The fourth-order valence-electron chi connectivity index (χ4n) is 2.48. The van der Waals surface area contributed by atoms with Gasteiger partial charge in [-0.05, 0) is 46.1 Å². The van der Waals surface area contributed by atoms with Gasteiger partial charge in [-0.2, -0.15) is 0 Å². The fraction of sp³-hybridized carbons (Fsp3) is 0.857. The number of azide groups is 1. The number of nitrogens with one attached hydrogen (secondary N) is 1. The van der Waals surface area contributed by atoms with E-state index in [2.05, 4.69) is 15.3 Å². The SMILES string of the molecule is CCOC(=O)[C@H]1C[C@@H](O)[C@H](N=[N+]=[N-])C[C@H]1NC(=O)OC(C)(C)C. The number of hydrogen-bond acceptors (Lipinski definition) is 6. The van der Waals surface area contributed by atoms with Gasteiger partial charge in [0.15, 0.2) is 0 Å². The Bertz CT molecular complexity index is 484. The summed E-state index contributed by atoms with van der Waals surface area (Å²) in [4.78, 5) is 26.7. The molecule has 0 spiro atoms. The van der Waals surface area contributed by atoms with Crippen LogP contribution in [-0.2, 0) is 14.3 Å². The Balaban J connectivity index is 2.87. The number of aliphatic hydroxyl groups excluding tert-OH is 1. The Morgan fingerprint density at radius 1 is 1.39 bits per heavy atom. The van der Waals surface area contributed by atoms with E-state index in [1.54, 1.807) is 27.7 Å². The molecule has 1 saturated carbocycles. The third-order valence-electron chi connectivity index (χ3n) is 3.41. The highest BCUT2D eigenvalue weighted by atomic mass is 16.6. The van der Waals surface area contributed by atoms with Gasteiger partial charge >= 0.3 is 12.1 Å². The summed E-state index contributed by atoms with van der Waals surface area (Å²) in [5.74, 6) is -1.23. The maximum Gasteiger partial charge on any atom is 0.407 e. The van der Waals surface area contributed by atoms with Crippen LogP contribution in [0.2, 0.25) is 0 Å². The highest BCUT2D eigenvalue weighted by Crippen LogP contribution is 2.29. The molecule has 9 heteroatoms. The molecule has 0 aromatic carbocycles. The van der Waals surface area contributed by atoms with Gasteiger partial charge < -0.3 is 19.9 Å². The molecule has 1 rings (SSSR count). The molecule has 4 atom stereocenters. The Morgan fingerprint density at radius 3 is 2.57 bits per heavy atom. The van der Waals surface area contributed by atoms with Crippen LogP contribution in [-0.4, -0.2) is 47.6 Å². The summed E-state index contributed by atoms with van der Waals surface area (Å²) in [6, 6.07) is -1.35. The molecule has 2 N–H and O–H groups in total. The Morgan fingerprint density at radius 2 is 2.04 bits per heavy atom. The third kappa shape index (κ3) is 5.96. The van der Waals surface area contributed by atoms with Crippen molar-refractivity contribution in [3.05, 3.63) is 10.4 Å². The molecule has 0 radical (unpaired) electrons. The lowest BCUT2D eigenvalue weighted by Gasteiger charge is -2.36. The summed E-state index contributed by atoms with van der Waals surface area (Å²) in [5, 5.41) is 16.1. The molecule has 0 aromatic heterocycles. The number of hydrogen-bond donors (Lipinski definition) is 2. The summed E-state index contributed by atoms with van der Waals surface area (Å²) in [5.41, 5.74) is 7.88. The molecule has 1 aliphatic carbocycles. The van der Waals surface area contributed by atoms with E-state index in [1.807, 2.05) is 0 Å². The number of aliphatic hydroxyl groups is 1. The Labute approximate surface area is 135 Å². The van der Waals surface area contributed by atoms with Crippen molar-refractivity contribution in [2.45, 2.75) is 64.3 Å². The van der Waals surface area contributed by atoms with Crippen LogP contribution in [0.3, 0.4) is 0 Å². The summed E-state index contributed by atoms with van der Waals surface area (Å²) in [7, 11) is 0. The number of rotatable bonds is 4. The molecule has 0 aromatic rings. The van der Waals surface area contributed by atoms with E-state index in [-0.39, 0.29) is 19.4 Å². The summed E-state index contributed by atoms with van der Waals surface area (Å²) in [6.45, 7) is 7.05. The number of ether oxygens (including phenoxy) is 2. The van der Waals surface area contributed by atoms with Crippen LogP contribution in [0.4, 0.5) is 4.79 Å². The fourth-order valence-corrected chi connectivity index (χ4v) is 2.48. The van der Waals surface area contributed by atoms with Gasteiger partial charge in [0.2, 0.25) is 0 Å². The van der Waals surface area contributed by atoms with Crippen molar-refractivity contribution in [1.29, 1.82) is 0 Å². The van der Waals surface area contributed by atoms with Crippen molar-refractivity contribution in [3.8, 4) is 0 Å². The number of carbonyl (C=O) groups excluding carboxylic acids is 2. The highest BCUT2D eigenvalue weighted by Gasteiger charge is 2.41. The van der Waals surface area contributed by atoms with Gasteiger partial charge in [0.25, 0.3) is 0 Å². The zero-order valence-corrected chi connectivity index (χ0v) is 13.9. The first kappa shape index (κ1) is 19.1. The number of carbonyl (C=O) groups is 2. The van der Waals surface area contributed by atoms with Crippen LogP contribution in [0.25, 0.3) is 10.4 Å². The molecule has 9 nitrogen and oxygen atoms in total. The molecule has 0 saturated heterocycles. The second-order valence-corrected chi connectivity index (χ2v) is 6.42. The summed E-state index contributed by atoms with van der Waals surface area (Å²) >= 11 is 0. The lowest BCUT2D eigenvalue weighted by molar-refractivity contribution is -0.151. The quantitative estimate of drug-likeness (QED) is 0.352. The molecule has 0 heterocycles. The second-order valence-electron chi connectivity index (χ2n) is 6.42. The molecule has 0 bridgehead atoms. The predicted molar refractivity (Wildman–Crippen MR) is 81.5 cm³/mol. The minimum Gasteiger partial charge on any atom is -0.466 e. The normalized spacial score (nSPS) is 27.5. The van der Waals surface area contributed by atoms with E-state index in [0.717, 1.165) is 0 Å². The lowest BCUT2D eigenvalue weighted by Crippen LogP contribution is -2.53. The van der Waals surface area contributed by atoms with Crippen molar-refractivity contribution < 1.29 is 24.2 Å². The monoisotopic (exact) mass is 328 g/mol. The summed E-state index contributed by atoms with van der Waals surface area (Å²) in [6.07, 6.45) is -1.46. The van der Waals surface area contributed by atoms with Gasteiger partial charge in [-0.3, -0.25) is 4.79 Å². The van der Waals surface area contributed by atoms with E-state index < -0.39 is 41.8 Å². The number of esters is 1. The van der Waals surface area contributed by atoms with Gasteiger partial charge in [0, 0.05) is 11.0 Å². The first-order chi connectivity index (χ1) is 10.7. The van der Waals surface area contributed by atoms with Crippen LogP contribution >= 0.6 is 0 Å². The van der Waals surface area contributed by atoms with E-state index in [4.69, 9.17) is 15.0 Å². The molecule has 0 aliphatic heterocycles. The smallest absolute Gasteiger partial charge is 0.407 e. The van der Waals surface area contributed by atoms with Gasteiger partial charge in [-0.15, -0.1) is 0 Å². The van der Waals surface area contributed by atoms with Crippen molar-refractivity contribution in [2.75, 3.05) is 6.61 Å². The minimum absolute atomic E-state index is 0.0446. The van der Waals surface area contributed by atoms with E-state index >= 15 is 0 Å². The van der Waals surface area contributed by atoms with E-state index in [1.165, 1.54) is 0 Å². The molecule has 1 fully saturated rings. The van der Waals surface area contributed by atoms with Crippen molar-refractivity contribution in [3.63, 3.8) is 0 Å². The molecular formula is C14H24N4O5. The molecule has 1 aliphatic rings. The Hall–Kier alpha value is -1.99. The highest BCUT2D eigenvalue weighted by molar-refractivity contribution is 5.75. The van der Waals surface area contributed by atoms with Crippen molar-refractivity contribution in [2.24, 2.45) is 11.0 Å². The van der Waals surface area contributed by atoms with E-state index in [0.29, 0.717) is 0 Å². The van der Waals surface area contributed by atoms with Crippen LogP contribution < -0.4 is 5.32 Å². The lowest BCUT2D eigenvalue weighted by atomic mass is 9.80. The van der Waals surface area contributed by atoms with Gasteiger partial charge in [-0.25, -0.2) is 4.79 Å². The molecule has 23 heavy (non-hydrogen) atoms. The third-order valence-corrected chi connectivity index (χ3v) is 3.41. The van der Waals surface area contributed by atoms with Crippen LogP contribution in [0.1, 0.15) is 40.5 Å². The molecular weight excluding hydrogens is 304 g/mol. The zero-order chi connectivity index (χ0) is 17.6. The van der Waals surface area contributed by atoms with Crippen molar-refractivity contribution in [1.82, 2.24) is 5.32 Å². The average molecular weight is 328 g/mol. The molecule has 1 amide bonds.